The van der Waals surface area contributed by atoms with Gasteiger partial charge in [-0.05, 0) is 50.8 Å². The Morgan fingerprint density at radius 3 is 2.89 bits per heavy atom. The summed E-state index contributed by atoms with van der Waals surface area (Å²) in [4.78, 5) is 11.1. The average Bonchev–Trinajstić information content (AvgIpc) is 2.37. The normalized spacial score (nSPS) is 20.9. The molecule has 1 aliphatic heterocycles. The minimum Gasteiger partial charge on any atom is -0.354 e. The molecule has 0 amide bonds. The molecule has 0 bridgehead atoms. The molecule has 18 heavy (non-hydrogen) atoms. The molecule has 1 aromatic rings. The van der Waals surface area contributed by atoms with Gasteiger partial charge in [0.25, 0.3) is 0 Å². The first-order chi connectivity index (χ1) is 8.74. The summed E-state index contributed by atoms with van der Waals surface area (Å²) in [5, 5.41) is 3.27. The Kier molecular flexibility index (Phi) is 4.93. The Balaban J connectivity index is 1.62. The standard InChI is InChI=1S/C14H24N4/c1-12-5-3-7-18(11-12)8-4-6-15-14-16-9-13(2)10-17-14/h9-10,12H,3-8,11H2,1-2H3,(H,15,16,17). The van der Waals surface area contributed by atoms with Crippen LogP contribution in [0.2, 0.25) is 0 Å². The van der Waals surface area contributed by atoms with Crippen LogP contribution in [0.25, 0.3) is 0 Å². The van der Waals surface area contributed by atoms with Gasteiger partial charge >= 0.3 is 0 Å². The maximum atomic E-state index is 4.24. The zero-order valence-electron chi connectivity index (χ0n) is 11.5. The van der Waals surface area contributed by atoms with Crippen molar-refractivity contribution in [1.82, 2.24) is 14.9 Å². The molecule has 1 aliphatic rings. The van der Waals surface area contributed by atoms with Gasteiger partial charge in [-0.1, -0.05) is 6.92 Å². The maximum absolute atomic E-state index is 4.24. The molecule has 1 fully saturated rings. The van der Waals surface area contributed by atoms with Crippen LogP contribution in [-0.2, 0) is 0 Å². The predicted octanol–water partition coefficient (Wildman–Crippen LogP) is 2.32. The van der Waals surface area contributed by atoms with Gasteiger partial charge in [-0.15, -0.1) is 0 Å². The van der Waals surface area contributed by atoms with E-state index in [1.54, 1.807) is 0 Å². The Labute approximate surface area is 110 Å². The van der Waals surface area contributed by atoms with Crippen LogP contribution in [0.15, 0.2) is 12.4 Å². The molecule has 0 spiro atoms. The summed E-state index contributed by atoms with van der Waals surface area (Å²) in [6.45, 7) is 9.02. The first kappa shape index (κ1) is 13.3. The Morgan fingerprint density at radius 1 is 1.39 bits per heavy atom. The van der Waals surface area contributed by atoms with E-state index in [9.17, 15) is 0 Å². The van der Waals surface area contributed by atoms with Crippen LogP contribution in [0, 0.1) is 12.8 Å². The Morgan fingerprint density at radius 2 is 2.17 bits per heavy atom. The molecule has 4 nitrogen and oxygen atoms in total. The number of nitrogens with zero attached hydrogens (tertiary/aromatic N) is 3. The van der Waals surface area contributed by atoms with Crippen LogP contribution < -0.4 is 5.32 Å². The molecule has 1 unspecified atom stereocenters. The molecule has 0 saturated carbocycles. The molecule has 4 heteroatoms. The third kappa shape index (κ3) is 4.26. The minimum absolute atomic E-state index is 0.743. The van der Waals surface area contributed by atoms with Crippen LogP contribution in [0.3, 0.4) is 0 Å². The van der Waals surface area contributed by atoms with Crippen molar-refractivity contribution in [2.24, 2.45) is 5.92 Å². The molecule has 100 valence electrons. The maximum Gasteiger partial charge on any atom is 0.222 e. The van der Waals surface area contributed by atoms with E-state index in [0.29, 0.717) is 0 Å². The molecule has 2 heterocycles. The monoisotopic (exact) mass is 248 g/mol. The van der Waals surface area contributed by atoms with Gasteiger partial charge in [0.05, 0.1) is 0 Å². The van der Waals surface area contributed by atoms with E-state index in [4.69, 9.17) is 0 Å². The lowest BCUT2D eigenvalue weighted by molar-refractivity contribution is 0.183. The highest BCUT2D eigenvalue weighted by Gasteiger charge is 2.15. The first-order valence-electron chi connectivity index (χ1n) is 6.99. The van der Waals surface area contributed by atoms with E-state index in [0.717, 1.165) is 30.4 Å². The van der Waals surface area contributed by atoms with Crippen molar-refractivity contribution < 1.29 is 0 Å². The third-order valence-electron chi connectivity index (χ3n) is 3.46. The molecule has 1 saturated heterocycles. The van der Waals surface area contributed by atoms with E-state index in [2.05, 4.69) is 27.1 Å². The summed E-state index contributed by atoms with van der Waals surface area (Å²) >= 11 is 0. The lowest BCUT2D eigenvalue weighted by Crippen LogP contribution is -2.35. The second kappa shape index (κ2) is 6.69. The van der Waals surface area contributed by atoms with Crippen LogP contribution in [0.4, 0.5) is 5.95 Å². The van der Waals surface area contributed by atoms with Crippen LogP contribution in [-0.4, -0.2) is 41.0 Å². The highest BCUT2D eigenvalue weighted by molar-refractivity contribution is 5.23. The smallest absolute Gasteiger partial charge is 0.222 e. The lowest BCUT2D eigenvalue weighted by Gasteiger charge is -2.30. The van der Waals surface area contributed by atoms with Crippen molar-refractivity contribution in [2.75, 3.05) is 31.5 Å². The zero-order chi connectivity index (χ0) is 12.8. The number of hydrogen-bond acceptors (Lipinski definition) is 4. The second-order valence-corrected chi connectivity index (χ2v) is 5.41. The van der Waals surface area contributed by atoms with E-state index in [1.165, 1.54) is 32.5 Å². The van der Waals surface area contributed by atoms with Crippen LogP contribution >= 0.6 is 0 Å². The molecule has 0 radical (unpaired) electrons. The Hall–Kier alpha value is -1.16. The summed E-state index contributed by atoms with van der Waals surface area (Å²) in [5.74, 6) is 1.61. The highest BCUT2D eigenvalue weighted by Crippen LogP contribution is 2.15. The van der Waals surface area contributed by atoms with Crippen LogP contribution in [0.1, 0.15) is 31.7 Å². The van der Waals surface area contributed by atoms with Crippen molar-refractivity contribution in [3.05, 3.63) is 18.0 Å². The quantitative estimate of drug-likeness (QED) is 0.812. The molecule has 0 aromatic carbocycles. The van der Waals surface area contributed by atoms with Gasteiger partial charge in [0.1, 0.15) is 0 Å². The summed E-state index contributed by atoms with van der Waals surface area (Å²) in [7, 11) is 0. The lowest BCUT2D eigenvalue weighted by atomic mass is 10.0. The molecule has 0 aliphatic carbocycles. The van der Waals surface area contributed by atoms with E-state index in [1.807, 2.05) is 19.3 Å². The van der Waals surface area contributed by atoms with Crippen molar-refractivity contribution >= 4 is 5.95 Å². The number of piperidine rings is 1. The van der Waals surface area contributed by atoms with Crippen molar-refractivity contribution in [2.45, 2.75) is 33.1 Å². The molecule has 2 rings (SSSR count). The molecule has 1 N–H and O–H groups in total. The average molecular weight is 248 g/mol. The summed E-state index contributed by atoms with van der Waals surface area (Å²) in [5.41, 5.74) is 1.10. The van der Waals surface area contributed by atoms with Gasteiger partial charge in [-0.25, -0.2) is 9.97 Å². The summed E-state index contributed by atoms with van der Waals surface area (Å²) < 4.78 is 0. The SMILES string of the molecule is Cc1cnc(NCCCN2CCCC(C)C2)nc1. The Bertz CT molecular complexity index is 349. The fourth-order valence-corrected chi connectivity index (χ4v) is 2.48. The third-order valence-corrected chi connectivity index (χ3v) is 3.46. The highest BCUT2D eigenvalue weighted by atomic mass is 15.1. The topological polar surface area (TPSA) is 41.1 Å². The van der Waals surface area contributed by atoms with E-state index in [-0.39, 0.29) is 0 Å². The van der Waals surface area contributed by atoms with Gasteiger partial charge in [0, 0.05) is 25.5 Å². The number of likely N-dealkylation sites (tertiary alicyclic amines) is 1. The van der Waals surface area contributed by atoms with Gasteiger partial charge in [-0.3, -0.25) is 0 Å². The van der Waals surface area contributed by atoms with Crippen LogP contribution in [0.5, 0.6) is 0 Å². The summed E-state index contributed by atoms with van der Waals surface area (Å²) in [6.07, 6.45) is 7.61. The van der Waals surface area contributed by atoms with Gasteiger partial charge in [0.15, 0.2) is 0 Å². The van der Waals surface area contributed by atoms with E-state index >= 15 is 0 Å². The zero-order valence-corrected chi connectivity index (χ0v) is 11.5. The molecular weight excluding hydrogens is 224 g/mol. The van der Waals surface area contributed by atoms with Crippen molar-refractivity contribution in [1.29, 1.82) is 0 Å². The first-order valence-corrected chi connectivity index (χ1v) is 6.99. The van der Waals surface area contributed by atoms with E-state index < -0.39 is 0 Å². The van der Waals surface area contributed by atoms with Gasteiger partial charge in [0.2, 0.25) is 5.95 Å². The number of rotatable bonds is 5. The predicted molar refractivity (Wildman–Crippen MR) is 74.7 cm³/mol. The number of aromatic nitrogens is 2. The number of anilines is 1. The second-order valence-electron chi connectivity index (χ2n) is 5.41. The minimum atomic E-state index is 0.743. The van der Waals surface area contributed by atoms with Gasteiger partial charge < -0.3 is 10.2 Å². The largest absolute Gasteiger partial charge is 0.354 e. The van der Waals surface area contributed by atoms with Crippen molar-refractivity contribution in [3.8, 4) is 0 Å². The molecule has 1 aromatic heterocycles. The van der Waals surface area contributed by atoms with Gasteiger partial charge in [-0.2, -0.15) is 0 Å². The molecular formula is C14H24N4. The number of hydrogen-bond donors (Lipinski definition) is 1. The summed E-state index contributed by atoms with van der Waals surface area (Å²) in [6, 6.07) is 0. The molecule has 1 atom stereocenters. The fraction of sp³-hybridized carbons (Fsp3) is 0.714. The number of aryl methyl sites for hydroxylation is 1. The number of nitrogens with one attached hydrogen (secondary N) is 1. The fourth-order valence-electron chi connectivity index (χ4n) is 2.48. The van der Waals surface area contributed by atoms with Crippen molar-refractivity contribution in [3.63, 3.8) is 0 Å².